The number of nitrogens with zero attached hydrogens (tertiary/aromatic N) is 3. The molecule has 186 valence electrons. The maximum Gasteiger partial charge on any atom is 0.223 e. The van der Waals surface area contributed by atoms with Crippen LogP contribution in [0.3, 0.4) is 0 Å². The molecule has 1 N–H and O–H groups in total. The molecule has 6 nitrogen and oxygen atoms in total. The minimum Gasteiger partial charge on any atom is -0.497 e. The molecule has 36 heavy (non-hydrogen) atoms. The molecule has 1 aromatic heterocycles. The highest BCUT2D eigenvalue weighted by Gasteiger charge is 2.26. The van der Waals surface area contributed by atoms with E-state index in [1.54, 1.807) is 7.11 Å². The number of amides is 1. The summed E-state index contributed by atoms with van der Waals surface area (Å²) in [5.74, 6) is 2.17. The summed E-state index contributed by atoms with van der Waals surface area (Å²) >= 11 is 0. The van der Waals surface area contributed by atoms with Gasteiger partial charge in [0.05, 0.1) is 24.7 Å². The fraction of sp³-hybridized carbons (Fsp3) is 0.333. The van der Waals surface area contributed by atoms with Gasteiger partial charge >= 0.3 is 0 Å². The van der Waals surface area contributed by atoms with Gasteiger partial charge in [-0.15, -0.1) is 0 Å². The van der Waals surface area contributed by atoms with Gasteiger partial charge in [0, 0.05) is 19.0 Å². The van der Waals surface area contributed by atoms with E-state index in [1.165, 1.54) is 16.7 Å². The third kappa shape index (κ3) is 5.44. The van der Waals surface area contributed by atoms with E-state index < -0.39 is 0 Å². The van der Waals surface area contributed by atoms with E-state index in [0.717, 1.165) is 61.6 Å². The van der Waals surface area contributed by atoms with Crippen molar-refractivity contribution in [2.24, 2.45) is 5.92 Å². The van der Waals surface area contributed by atoms with Gasteiger partial charge in [-0.1, -0.05) is 48.5 Å². The van der Waals surface area contributed by atoms with Crippen LogP contribution in [-0.4, -0.2) is 40.6 Å². The molecule has 1 aliphatic heterocycles. The number of carbonyl (C=O) groups excluding carboxylic acids is 1. The van der Waals surface area contributed by atoms with E-state index in [0.29, 0.717) is 6.54 Å². The zero-order chi connectivity index (χ0) is 24.9. The molecular formula is C30H34N4O2. The Morgan fingerprint density at radius 2 is 1.69 bits per heavy atom. The quantitative estimate of drug-likeness (QED) is 0.387. The summed E-state index contributed by atoms with van der Waals surface area (Å²) in [4.78, 5) is 20.2. The van der Waals surface area contributed by atoms with Gasteiger partial charge in [-0.3, -0.25) is 9.69 Å². The monoisotopic (exact) mass is 482 g/mol. The fourth-order valence-electron chi connectivity index (χ4n) is 5.02. The Morgan fingerprint density at radius 3 is 2.44 bits per heavy atom. The summed E-state index contributed by atoms with van der Waals surface area (Å²) in [7, 11) is 1.69. The van der Waals surface area contributed by atoms with Gasteiger partial charge in [0.2, 0.25) is 5.91 Å². The zero-order valence-electron chi connectivity index (χ0n) is 21.1. The first-order valence-corrected chi connectivity index (χ1v) is 12.7. The SMILES string of the molecule is COc1ccc(Cn2c(CN3CCC(C(=O)NCc4ccccc4C)CC3)nc3ccccc32)cc1. The topological polar surface area (TPSA) is 59.4 Å². The van der Waals surface area contributed by atoms with Gasteiger partial charge in [-0.25, -0.2) is 4.98 Å². The first kappa shape index (κ1) is 24.1. The number of likely N-dealkylation sites (tertiary alicyclic amines) is 1. The van der Waals surface area contributed by atoms with Crippen molar-refractivity contribution in [3.05, 3.63) is 95.3 Å². The molecule has 0 atom stereocenters. The predicted molar refractivity (Wildman–Crippen MR) is 143 cm³/mol. The summed E-state index contributed by atoms with van der Waals surface area (Å²) in [6.45, 7) is 6.02. The van der Waals surface area contributed by atoms with E-state index in [4.69, 9.17) is 9.72 Å². The molecule has 0 bridgehead atoms. The van der Waals surface area contributed by atoms with Gasteiger partial charge in [-0.05, 0) is 73.8 Å². The van der Waals surface area contributed by atoms with Crippen molar-refractivity contribution < 1.29 is 9.53 Å². The first-order valence-electron chi connectivity index (χ1n) is 12.7. The smallest absolute Gasteiger partial charge is 0.223 e. The standard InChI is InChI=1S/C30H34N4O2/c1-22-7-3-4-8-25(22)19-31-30(35)24-15-17-33(18-16-24)21-29-32-27-9-5-6-10-28(27)34(29)20-23-11-13-26(36-2)14-12-23/h3-14,24H,15-21H2,1-2H3,(H,31,35). The summed E-state index contributed by atoms with van der Waals surface area (Å²) in [5.41, 5.74) is 5.77. The maximum atomic E-state index is 12.8. The maximum absolute atomic E-state index is 12.8. The molecule has 2 heterocycles. The number of aromatic nitrogens is 2. The average Bonchev–Trinajstić information content (AvgIpc) is 3.25. The van der Waals surface area contributed by atoms with Gasteiger partial charge < -0.3 is 14.6 Å². The van der Waals surface area contributed by atoms with Crippen molar-refractivity contribution in [2.45, 2.75) is 39.4 Å². The molecular weight excluding hydrogens is 448 g/mol. The molecule has 5 rings (SSSR count). The van der Waals surface area contributed by atoms with Gasteiger partial charge in [0.1, 0.15) is 11.6 Å². The second-order valence-corrected chi connectivity index (χ2v) is 9.65. The van der Waals surface area contributed by atoms with Crippen LogP contribution in [0.5, 0.6) is 5.75 Å². The number of nitrogens with one attached hydrogen (secondary N) is 1. The third-order valence-electron chi connectivity index (χ3n) is 7.27. The highest BCUT2D eigenvalue weighted by molar-refractivity contribution is 5.78. The van der Waals surface area contributed by atoms with Crippen molar-refractivity contribution in [3.63, 3.8) is 0 Å². The molecule has 4 aromatic rings. The van der Waals surface area contributed by atoms with Crippen LogP contribution >= 0.6 is 0 Å². The fourth-order valence-corrected chi connectivity index (χ4v) is 5.02. The van der Waals surface area contributed by atoms with Crippen LogP contribution in [0.4, 0.5) is 0 Å². The Hall–Kier alpha value is -3.64. The number of para-hydroxylation sites is 2. The molecule has 1 saturated heterocycles. The van der Waals surface area contributed by atoms with Crippen LogP contribution in [0.15, 0.2) is 72.8 Å². The molecule has 0 unspecified atom stereocenters. The van der Waals surface area contributed by atoms with Crippen molar-refractivity contribution in [1.29, 1.82) is 0 Å². The summed E-state index contributed by atoms with van der Waals surface area (Å²) in [5, 5.41) is 3.15. The number of rotatable bonds is 8. The zero-order valence-corrected chi connectivity index (χ0v) is 21.1. The van der Waals surface area contributed by atoms with Crippen LogP contribution in [0.1, 0.15) is 35.4 Å². The number of imidazole rings is 1. The first-order chi connectivity index (χ1) is 17.6. The van der Waals surface area contributed by atoms with Crippen LogP contribution < -0.4 is 10.1 Å². The number of methoxy groups -OCH3 is 1. The van der Waals surface area contributed by atoms with Crippen molar-refractivity contribution in [1.82, 2.24) is 19.8 Å². The van der Waals surface area contributed by atoms with Crippen LogP contribution in [-0.2, 0) is 24.4 Å². The lowest BCUT2D eigenvalue weighted by molar-refractivity contribution is -0.126. The van der Waals surface area contributed by atoms with E-state index in [2.05, 4.69) is 64.2 Å². The van der Waals surface area contributed by atoms with Crippen LogP contribution in [0.25, 0.3) is 11.0 Å². The number of hydrogen-bond donors (Lipinski definition) is 1. The minimum atomic E-state index is 0.0726. The largest absolute Gasteiger partial charge is 0.497 e. The van der Waals surface area contributed by atoms with Gasteiger partial charge in [0.15, 0.2) is 0 Å². The highest BCUT2D eigenvalue weighted by Crippen LogP contribution is 2.23. The van der Waals surface area contributed by atoms with E-state index in [-0.39, 0.29) is 11.8 Å². The minimum absolute atomic E-state index is 0.0726. The van der Waals surface area contributed by atoms with Crippen molar-refractivity contribution in [2.75, 3.05) is 20.2 Å². The number of hydrogen-bond acceptors (Lipinski definition) is 4. The highest BCUT2D eigenvalue weighted by atomic mass is 16.5. The Bertz CT molecular complexity index is 1320. The van der Waals surface area contributed by atoms with Crippen molar-refractivity contribution in [3.8, 4) is 5.75 Å². The Morgan fingerprint density at radius 1 is 0.972 bits per heavy atom. The summed E-state index contributed by atoms with van der Waals surface area (Å²) < 4.78 is 7.63. The van der Waals surface area contributed by atoms with E-state index in [9.17, 15) is 4.79 Å². The molecule has 6 heteroatoms. The number of benzene rings is 3. The second kappa shape index (κ2) is 11.0. The Kier molecular flexibility index (Phi) is 7.33. The molecule has 0 spiro atoms. The lowest BCUT2D eigenvalue weighted by Crippen LogP contribution is -2.40. The number of fused-ring (bicyclic) bond motifs is 1. The van der Waals surface area contributed by atoms with Gasteiger partial charge in [0.25, 0.3) is 0 Å². The molecule has 0 aliphatic carbocycles. The van der Waals surface area contributed by atoms with Crippen molar-refractivity contribution >= 4 is 16.9 Å². The average molecular weight is 483 g/mol. The molecule has 1 amide bonds. The van der Waals surface area contributed by atoms with Crippen LogP contribution in [0.2, 0.25) is 0 Å². The van der Waals surface area contributed by atoms with Crippen LogP contribution in [0, 0.1) is 12.8 Å². The summed E-state index contributed by atoms with van der Waals surface area (Å²) in [6.07, 6.45) is 1.75. The predicted octanol–water partition coefficient (Wildman–Crippen LogP) is 4.93. The normalized spacial score (nSPS) is 14.7. The molecule has 1 aliphatic rings. The van der Waals surface area contributed by atoms with E-state index >= 15 is 0 Å². The number of ether oxygens (including phenoxy) is 1. The van der Waals surface area contributed by atoms with Gasteiger partial charge in [-0.2, -0.15) is 0 Å². The molecule has 3 aromatic carbocycles. The Labute approximate surface area is 212 Å². The molecule has 0 radical (unpaired) electrons. The lowest BCUT2D eigenvalue weighted by Gasteiger charge is -2.31. The third-order valence-corrected chi connectivity index (χ3v) is 7.27. The van der Waals surface area contributed by atoms with E-state index in [1.807, 2.05) is 30.3 Å². The Balaban J connectivity index is 1.22. The number of aryl methyl sites for hydroxylation is 1. The number of carbonyl (C=O) groups is 1. The summed E-state index contributed by atoms with van der Waals surface area (Å²) in [6, 6.07) is 24.8. The second-order valence-electron chi connectivity index (χ2n) is 9.65. The molecule has 1 fully saturated rings. The molecule has 0 saturated carbocycles. The number of piperidine rings is 1. The lowest BCUT2D eigenvalue weighted by atomic mass is 9.95.